The molecule has 1 atom stereocenters. The van der Waals surface area contributed by atoms with E-state index in [4.69, 9.17) is 0 Å². The van der Waals surface area contributed by atoms with Gasteiger partial charge < -0.3 is 10.2 Å². The standard InChI is InChI=1S/C11H21N3O/c1-2-13-7-8-14(9-11(13)15)10-5-3-4-6-12-10/h10,12H,2-9H2,1H3. The first-order chi connectivity index (χ1) is 7.31. The third-order valence-electron chi connectivity index (χ3n) is 3.45. The number of hydrogen-bond donors (Lipinski definition) is 1. The van der Waals surface area contributed by atoms with E-state index < -0.39 is 0 Å². The molecule has 0 aromatic heterocycles. The van der Waals surface area contributed by atoms with Crippen molar-refractivity contribution in [3.05, 3.63) is 0 Å². The van der Waals surface area contributed by atoms with Gasteiger partial charge >= 0.3 is 0 Å². The summed E-state index contributed by atoms with van der Waals surface area (Å²) in [4.78, 5) is 16.0. The zero-order chi connectivity index (χ0) is 10.7. The molecule has 1 amide bonds. The Morgan fingerprint density at radius 2 is 2.27 bits per heavy atom. The fourth-order valence-electron chi connectivity index (χ4n) is 2.47. The molecule has 0 spiro atoms. The van der Waals surface area contributed by atoms with E-state index in [2.05, 4.69) is 10.2 Å². The molecule has 0 aliphatic carbocycles. The first kappa shape index (κ1) is 10.9. The Hall–Kier alpha value is -0.610. The Labute approximate surface area is 91.6 Å². The average Bonchev–Trinajstić information content (AvgIpc) is 2.30. The van der Waals surface area contributed by atoms with Gasteiger partial charge in [0.25, 0.3) is 0 Å². The lowest BCUT2D eigenvalue weighted by Crippen LogP contribution is -2.57. The lowest BCUT2D eigenvalue weighted by Gasteiger charge is -2.40. The monoisotopic (exact) mass is 211 g/mol. The Morgan fingerprint density at radius 1 is 1.40 bits per heavy atom. The second-order valence-corrected chi connectivity index (χ2v) is 4.41. The van der Waals surface area contributed by atoms with Crippen LogP contribution in [-0.4, -0.2) is 54.6 Å². The Kier molecular flexibility index (Phi) is 3.59. The summed E-state index contributed by atoms with van der Waals surface area (Å²) in [6.45, 7) is 6.53. The SMILES string of the molecule is CCN1CCN(C2CCCCN2)CC1=O. The summed E-state index contributed by atoms with van der Waals surface area (Å²) in [6.07, 6.45) is 4.21. The van der Waals surface area contributed by atoms with Crippen molar-refractivity contribution in [2.75, 3.05) is 32.7 Å². The molecular formula is C11H21N3O. The molecule has 0 radical (unpaired) electrons. The highest BCUT2D eigenvalue weighted by atomic mass is 16.2. The fraction of sp³-hybridized carbons (Fsp3) is 0.909. The summed E-state index contributed by atoms with van der Waals surface area (Å²) in [6, 6.07) is 0. The molecule has 86 valence electrons. The normalized spacial score (nSPS) is 29.5. The highest BCUT2D eigenvalue weighted by Gasteiger charge is 2.28. The maximum Gasteiger partial charge on any atom is 0.236 e. The van der Waals surface area contributed by atoms with Gasteiger partial charge in [0.15, 0.2) is 0 Å². The number of carbonyl (C=O) groups excluding carboxylic acids is 1. The topological polar surface area (TPSA) is 35.6 Å². The number of hydrogen-bond acceptors (Lipinski definition) is 3. The highest BCUT2D eigenvalue weighted by molar-refractivity contribution is 5.79. The van der Waals surface area contributed by atoms with Crippen molar-refractivity contribution in [3.63, 3.8) is 0 Å². The predicted octanol–water partition coefficient (Wildman–Crippen LogP) is 0.250. The number of nitrogens with zero attached hydrogens (tertiary/aromatic N) is 2. The van der Waals surface area contributed by atoms with Crippen LogP contribution in [0.25, 0.3) is 0 Å². The van der Waals surface area contributed by atoms with E-state index in [-0.39, 0.29) is 5.91 Å². The number of likely N-dealkylation sites (N-methyl/N-ethyl adjacent to an activating group) is 1. The molecule has 1 unspecified atom stereocenters. The maximum atomic E-state index is 11.7. The number of piperazine rings is 1. The van der Waals surface area contributed by atoms with Gasteiger partial charge in [-0.3, -0.25) is 9.69 Å². The van der Waals surface area contributed by atoms with Gasteiger partial charge in [-0.1, -0.05) is 0 Å². The van der Waals surface area contributed by atoms with Crippen LogP contribution in [0, 0.1) is 0 Å². The molecule has 15 heavy (non-hydrogen) atoms. The van der Waals surface area contributed by atoms with Crippen molar-refractivity contribution in [1.82, 2.24) is 15.1 Å². The van der Waals surface area contributed by atoms with Gasteiger partial charge in [0.05, 0.1) is 12.7 Å². The van der Waals surface area contributed by atoms with Gasteiger partial charge in [-0.15, -0.1) is 0 Å². The van der Waals surface area contributed by atoms with E-state index in [1.54, 1.807) is 0 Å². The summed E-state index contributed by atoms with van der Waals surface area (Å²) in [5.41, 5.74) is 0. The van der Waals surface area contributed by atoms with Gasteiger partial charge in [-0.2, -0.15) is 0 Å². The highest BCUT2D eigenvalue weighted by Crippen LogP contribution is 2.14. The molecule has 2 saturated heterocycles. The summed E-state index contributed by atoms with van der Waals surface area (Å²) >= 11 is 0. The van der Waals surface area contributed by atoms with Crippen molar-refractivity contribution < 1.29 is 4.79 Å². The van der Waals surface area contributed by atoms with Crippen molar-refractivity contribution in [3.8, 4) is 0 Å². The third kappa shape index (κ3) is 2.49. The van der Waals surface area contributed by atoms with Crippen LogP contribution in [0.5, 0.6) is 0 Å². The zero-order valence-electron chi connectivity index (χ0n) is 9.54. The largest absolute Gasteiger partial charge is 0.341 e. The molecule has 2 heterocycles. The van der Waals surface area contributed by atoms with Crippen LogP contribution < -0.4 is 5.32 Å². The van der Waals surface area contributed by atoms with Gasteiger partial charge in [0, 0.05) is 19.6 Å². The van der Waals surface area contributed by atoms with Crippen LogP contribution in [0.2, 0.25) is 0 Å². The average molecular weight is 211 g/mol. The van der Waals surface area contributed by atoms with Crippen molar-refractivity contribution in [1.29, 1.82) is 0 Å². The second-order valence-electron chi connectivity index (χ2n) is 4.41. The van der Waals surface area contributed by atoms with E-state index >= 15 is 0 Å². The first-order valence-corrected chi connectivity index (χ1v) is 6.06. The molecule has 2 aliphatic rings. The Morgan fingerprint density at radius 3 is 2.87 bits per heavy atom. The Balaban J connectivity index is 1.87. The molecule has 2 fully saturated rings. The molecule has 0 saturated carbocycles. The smallest absolute Gasteiger partial charge is 0.236 e. The first-order valence-electron chi connectivity index (χ1n) is 6.06. The molecule has 4 nitrogen and oxygen atoms in total. The molecule has 1 N–H and O–H groups in total. The molecule has 0 aromatic rings. The van der Waals surface area contributed by atoms with Gasteiger partial charge in [-0.05, 0) is 32.7 Å². The van der Waals surface area contributed by atoms with Crippen LogP contribution >= 0.6 is 0 Å². The summed E-state index contributed by atoms with van der Waals surface area (Å²) in [5, 5.41) is 3.50. The number of piperidine rings is 1. The van der Waals surface area contributed by atoms with Crippen LogP contribution in [0.1, 0.15) is 26.2 Å². The molecule has 0 bridgehead atoms. The third-order valence-corrected chi connectivity index (χ3v) is 3.45. The Bertz CT molecular complexity index is 226. The van der Waals surface area contributed by atoms with E-state index in [1.807, 2.05) is 11.8 Å². The lowest BCUT2D eigenvalue weighted by atomic mass is 10.1. The van der Waals surface area contributed by atoms with Crippen LogP contribution in [0.3, 0.4) is 0 Å². The quantitative estimate of drug-likeness (QED) is 0.711. The second kappa shape index (κ2) is 4.94. The summed E-state index contributed by atoms with van der Waals surface area (Å²) in [7, 11) is 0. The van der Waals surface area contributed by atoms with E-state index in [0.29, 0.717) is 12.7 Å². The van der Waals surface area contributed by atoms with Crippen LogP contribution in [0.4, 0.5) is 0 Å². The number of carbonyl (C=O) groups is 1. The zero-order valence-corrected chi connectivity index (χ0v) is 9.54. The van der Waals surface area contributed by atoms with Gasteiger partial charge in [-0.25, -0.2) is 0 Å². The molecule has 2 aliphatic heterocycles. The number of amides is 1. The van der Waals surface area contributed by atoms with Crippen molar-refractivity contribution in [2.45, 2.75) is 32.4 Å². The summed E-state index contributed by atoms with van der Waals surface area (Å²) in [5.74, 6) is 0.288. The minimum absolute atomic E-state index is 0.288. The van der Waals surface area contributed by atoms with E-state index in [0.717, 1.165) is 26.2 Å². The lowest BCUT2D eigenvalue weighted by molar-refractivity contribution is -0.137. The van der Waals surface area contributed by atoms with Crippen LogP contribution in [0.15, 0.2) is 0 Å². The van der Waals surface area contributed by atoms with Crippen LogP contribution in [-0.2, 0) is 4.79 Å². The molecule has 2 rings (SSSR count). The number of nitrogens with one attached hydrogen (secondary N) is 1. The van der Waals surface area contributed by atoms with Gasteiger partial charge in [0.2, 0.25) is 5.91 Å². The van der Waals surface area contributed by atoms with E-state index in [1.165, 1.54) is 19.3 Å². The molecular weight excluding hydrogens is 190 g/mol. The predicted molar refractivity (Wildman–Crippen MR) is 59.5 cm³/mol. The molecule has 0 aromatic carbocycles. The minimum Gasteiger partial charge on any atom is -0.341 e. The number of rotatable bonds is 2. The minimum atomic E-state index is 0.288. The summed E-state index contributed by atoms with van der Waals surface area (Å²) < 4.78 is 0. The van der Waals surface area contributed by atoms with Crippen molar-refractivity contribution in [2.24, 2.45) is 0 Å². The molecule has 4 heteroatoms. The fourth-order valence-corrected chi connectivity index (χ4v) is 2.47. The van der Waals surface area contributed by atoms with Crippen molar-refractivity contribution >= 4 is 5.91 Å². The van der Waals surface area contributed by atoms with E-state index in [9.17, 15) is 4.79 Å². The maximum absolute atomic E-state index is 11.7. The van der Waals surface area contributed by atoms with Gasteiger partial charge in [0.1, 0.15) is 0 Å².